The number of fused-ring (bicyclic) bond motifs is 1. The maximum atomic E-state index is 4.76. The van der Waals surface area contributed by atoms with E-state index in [1.165, 1.54) is 16.6 Å². The lowest BCUT2D eigenvalue weighted by Gasteiger charge is -1.83. The molecule has 0 unspecified atom stereocenters. The lowest BCUT2D eigenvalue weighted by molar-refractivity contribution is 1.30. The molecule has 1 N–H and O–H groups in total. The van der Waals surface area contributed by atoms with Crippen LogP contribution in [0.1, 0.15) is 5.69 Å². The number of H-pyrrole nitrogens is 1. The molecule has 0 atom stereocenters. The van der Waals surface area contributed by atoms with E-state index < -0.39 is 0 Å². The Morgan fingerprint density at radius 3 is 2.46 bits per heavy atom. The Morgan fingerprint density at radius 2 is 1.85 bits per heavy atom. The van der Waals surface area contributed by atoms with Crippen molar-refractivity contribution >= 4 is 34.1 Å². The van der Waals surface area contributed by atoms with Gasteiger partial charge in [-0.1, -0.05) is 18.2 Å². The number of aromatic nitrogens is 1. The molecule has 0 saturated heterocycles. The number of benzene rings is 1. The van der Waals surface area contributed by atoms with E-state index in [0.29, 0.717) is 0 Å². The number of alkyl halides is 2. The molecule has 0 aliphatic carbocycles. The second-order valence-electron chi connectivity index (χ2n) is 2.64. The summed E-state index contributed by atoms with van der Waals surface area (Å²) in [4.78, 5) is 3.26. The molecule has 2 rings (SSSR count). The molecule has 13 heavy (non-hydrogen) atoms. The van der Waals surface area contributed by atoms with Crippen LogP contribution >= 0.6 is 23.2 Å². The van der Waals surface area contributed by atoms with Crippen molar-refractivity contribution in [1.82, 2.24) is 4.98 Å². The summed E-state index contributed by atoms with van der Waals surface area (Å²) in [5, 5.41) is 1.49. The van der Waals surface area contributed by atoms with E-state index >= 15 is 0 Å². The summed E-state index contributed by atoms with van der Waals surface area (Å²) in [6, 6.07) is 10.4. The molecule has 0 fully saturated rings. The zero-order valence-corrected chi connectivity index (χ0v) is 8.86. The molecule has 0 aliphatic heterocycles. The quantitative estimate of drug-likeness (QED) is 0.643. The zero-order chi connectivity index (χ0) is 9.68. The van der Waals surface area contributed by atoms with Crippen molar-refractivity contribution in [2.24, 2.45) is 0 Å². The Bertz CT molecular complexity index is 335. The Hall–Kier alpha value is -0.660. The van der Waals surface area contributed by atoms with Crippen molar-refractivity contribution in [3.8, 4) is 0 Å². The SMILES string of the molecule is Cc1cc2ccccc2[nH]1.ClCCl. The minimum absolute atomic E-state index is 0.194. The number of nitrogens with one attached hydrogen (secondary N) is 1. The van der Waals surface area contributed by atoms with Gasteiger partial charge in [-0.15, -0.1) is 23.2 Å². The summed E-state index contributed by atoms with van der Waals surface area (Å²) in [6.45, 7) is 2.07. The third-order valence-corrected chi connectivity index (χ3v) is 1.66. The predicted molar refractivity (Wildman–Crippen MR) is 59.6 cm³/mol. The van der Waals surface area contributed by atoms with Crippen LogP contribution in [0.15, 0.2) is 30.3 Å². The third-order valence-electron chi connectivity index (χ3n) is 1.66. The van der Waals surface area contributed by atoms with Crippen LogP contribution in [0.5, 0.6) is 0 Å². The summed E-state index contributed by atoms with van der Waals surface area (Å²) < 4.78 is 0. The summed E-state index contributed by atoms with van der Waals surface area (Å²) >= 11 is 9.53. The molecule has 0 saturated carbocycles. The van der Waals surface area contributed by atoms with Gasteiger partial charge in [0.05, 0.1) is 5.34 Å². The van der Waals surface area contributed by atoms with E-state index in [9.17, 15) is 0 Å². The number of halogens is 2. The van der Waals surface area contributed by atoms with Crippen molar-refractivity contribution < 1.29 is 0 Å². The molecule has 1 heterocycles. The Morgan fingerprint density at radius 1 is 1.23 bits per heavy atom. The van der Waals surface area contributed by atoms with Crippen molar-refractivity contribution in [3.63, 3.8) is 0 Å². The van der Waals surface area contributed by atoms with Gasteiger partial charge in [0.25, 0.3) is 0 Å². The number of para-hydroxylation sites is 1. The second-order valence-corrected chi connectivity index (χ2v) is 3.45. The molecule has 0 spiro atoms. The van der Waals surface area contributed by atoms with Gasteiger partial charge in [0.15, 0.2) is 0 Å². The standard InChI is InChI=1S/C9H9N.CH2Cl2/c1-7-6-8-4-2-3-5-9(8)10-7;2-1-3/h2-6,10H,1H3;1H2. The molecule has 0 amide bonds. The molecule has 0 aliphatic rings. The number of hydrogen-bond acceptors (Lipinski definition) is 0. The van der Waals surface area contributed by atoms with Crippen molar-refractivity contribution in [1.29, 1.82) is 0 Å². The van der Waals surface area contributed by atoms with E-state index in [4.69, 9.17) is 23.2 Å². The Kier molecular flexibility index (Phi) is 4.13. The van der Waals surface area contributed by atoms with Gasteiger partial charge in [-0.25, -0.2) is 0 Å². The van der Waals surface area contributed by atoms with Crippen molar-refractivity contribution in [3.05, 3.63) is 36.0 Å². The highest BCUT2D eigenvalue weighted by Crippen LogP contribution is 2.12. The van der Waals surface area contributed by atoms with Crippen LogP contribution in [-0.4, -0.2) is 10.3 Å². The zero-order valence-electron chi connectivity index (χ0n) is 7.35. The lowest BCUT2D eigenvalue weighted by atomic mass is 10.2. The van der Waals surface area contributed by atoms with Gasteiger partial charge in [-0.2, -0.15) is 0 Å². The minimum atomic E-state index is 0.194. The topological polar surface area (TPSA) is 15.8 Å². The molecule has 1 aromatic heterocycles. The van der Waals surface area contributed by atoms with Crippen molar-refractivity contribution in [2.45, 2.75) is 6.92 Å². The van der Waals surface area contributed by atoms with Crippen LogP contribution in [0.2, 0.25) is 0 Å². The highest BCUT2D eigenvalue weighted by molar-refractivity contribution is 6.40. The van der Waals surface area contributed by atoms with Gasteiger partial charge >= 0.3 is 0 Å². The fraction of sp³-hybridized carbons (Fsp3) is 0.200. The maximum absolute atomic E-state index is 4.76. The summed E-state index contributed by atoms with van der Waals surface area (Å²) in [6.07, 6.45) is 0. The summed E-state index contributed by atoms with van der Waals surface area (Å²) in [5.74, 6) is 0. The molecular formula is C10H11Cl2N. The van der Waals surface area contributed by atoms with Crippen LogP contribution < -0.4 is 0 Å². The van der Waals surface area contributed by atoms with Crippen LogP contribution in [0.4, 0.5) is 0 Å². The molecule has 3 heteroatoms. The third kappa shape index (κ3) is 2.94. The van der Waals surface area contributed by atoms with Gasteiger partial charge in [0.1, 0.15) is 0 Å². The molecule has 0 radical (unpaired) electrons. The van der Waals surface area contributed by atoms with Gasteiger partial charge in [-0.05, 0) is 24.4 Å². The molecule has 1 aromatic carbocycles. The fourth-order valence-corrected chi connectivity index (χ4v) is 1.22. The van der Waals surface area contributed by atoms with Gasteiger partial charge in [0.2, 0.25) is 0 Å². The number of rotatable bonds is 0. The van der Waals surface area contributed by atoms with E-state index in [1.54, 1.807) is 0 Å². The average molecular weight is 216 g/mol. The average Bonchev–Trinajstić information content (AvgIpc) is 2.45. The molecular weight excluding hydrogens is 205 g/mol. The van der Waals surface area contributed by atoms with Gasteiger partial charge in [-0.3, -0.25) is 0 Å². The predicted octanol–water partition coefficient (Wildman–Crippen LogP) is 3.90. The Balaban J connectivity index is 0.000000251. The second kappa shape index (κ2) is 5.15. The first-order valence-electron chi connectivity index (χ1n) is 3.94. The molecule has 0 bridgehead atoms. The monoisotopic (exact) mass is 215 g/mol. The first kappa shape index (κ1) is 10.4. The largest absolute Gasteiger partial charge is 0.359 e. The van der Waals surface area contributed by atoms with Crippen molar-refractivity contribution in [2.75, 3.05) is 5.34 Å². The molecule has 2 aromatic rings. The fourth-order valence-electron chi connectivity index (χ4n) is 1.22. The van der Waals surface area contributed by atoms with Gasteiger partial charge in [0, 0.05) is 11.2 Å². The van der Waals surface area contributed by atoms with Crippen LogP contribution in [0.3, 0.4) is 0 Å². The highest BCUT2D eigenvalue weighted by Gasteiger charge is 1.92. The van der Waals surface area contributed by atoms with E-state index in [-0.39, 0.29) is 5.34 Å². The first-order valence-corrected chi connectivity index (χ1v) is 5.01. The van der Waals surface area contributed by atoms with E-state index in [1.807, 2.05) is 6.07 Å². The lowest BCUT2D eigenvalue weighted by Crippen LogP contribution is -1.65. The van der Waals surface area contributed by atoms with Crippen LogP contribution in [0.25, 0.3) is 10.9 Å². The number of hydrogen-bond donors (Lipinski definition) is 1. The smallest absolute Gasteiger partial charge is 0.0967 e. The normalized spacial score (nSPS) is 9.46. The highest BCUT2D eigenvalue weighted by atomic mass is 35.5. The Labute approximate surface area is 87.7 Å². The number of aryl methyl sites for hydroxylation is 1. The van der Waals surface area contributed by atoms with E-state index in [0.717, 1.165) is 0 Å². The minimum Gasteiger partial charge on any atom is -0.359 e. The maximum Gasteiger partial charge on any atom is 0.0967 e. The van der Waals surface area contributed by atoms with Crippen LogP contribution in [0, 0.1) is 6.92 Å². The molecule has 70 valence electrons. The summed E-state index contributed by atoms with van der Waals surface area (Å²) in [5.41, 5.74) is 2.45. The van der Waals surface area contributed by atoms with Gasteiger partial charge < -0.3 is 4.98 Å². The van der Waals surface area contributed by atoms with Crippen LogP contribution in [-0.2, 0) is 0 Å². The summed E-state index contributed by atoms with van der Waals surface area (Å²) in [7, 11) is 0. The molecule has 1 nitrogen and oxygen atoms in total. The number of aromatic amines is 1. The first-order chi connectivity index (χ1) is 6.27. The van der Waals surface area contributed by atoms with E-state index in [2.05, 4.69) is 36.2 Å².